The quantitative estimate of drug-likeness (QED) is 0.867. The second-order valence-electron chi connectivity index (χ2n) is 7.47. The molecule has 1 unspecified atom stereocenters. The van der Waals surface area contributed by atoms with Gasteiger partial charge in [-0.25, -0.2) is 13.2 Å². The average molecular weight is 391 g/mol. The summed E-state index contributed by atoms with van der Waals surface area (Å²) in [6.07, 6.45) is 4.13. The molecule has 1 aromatic carbocycles. The summed E-state index contributed by atoms with van der Waals surface area (Å²) in [5, 5.41) is 3.96. The molecule has 0 spiro atoms. The largest absolute Gasteiger partial charge is 0.490 e. The number of amides is 2. The molecule has 3 heterocycles. The fourth-order valence-corrected chi connectivity index (χ4v) is 5.58. The Hall–Kier alpha value is -2.22. The summed E-state index contributed by atoms with van der Waals surface area (Å²) in [6.45, 7) is 1.22. The van der Waals surface area contributed by atoms with Crippen molar-refractivity contribution in [3.8, 4) is 5.75 Å². The maximum Gasteiger partial charge on any atom is 0.317 e. The van der Waals surface area contributed by atoms with E-state index in [1.54, 1.807) is 4.90 Å². The van der Waals surface area contributed by atoms with E-state index in [0.717, 1.165) is 29.5 Å². The first-order chi connectivity index (χ1) is 12.9. The average Bonchev–Trinajstić information content (AvgIpc) is 3.18. The van der Waals surface area contributed by atoms with Gasteiger partial charge in [0, 0.05) is 50.6 Å². The Labute approximate surface area is 159 Å². The minimum Gasteiger partial charge on any atom is -0.490 e. The lowest BCUT2D eigenvalue weighted by Crippen LogP contribution is -2.49. The van der Waals surface area contributed by atoms with Gasteiger partial charge in [0.1, 0.15) is 11.9 Å². The van der Waals surface area contributed by atoms with Gasteiger partial charge in [0.15, 0.2) is 9.84 Å². The van der Waals surface area contributed by atoms with E-state index in [0.29, 0.717) is 19.5 Å². The van der Waals surface area contributed by atoms with Crippen LogP contribution in [0, 0.1) is 0 Å². The van der Waals surface area contributed by atoms with Gasteiger partial charge in [-0.2, -0.15) is 0 Å². The molecule has 8 heteroatoms. The van der Waals surface area contributed by atoms with Crippen LogP contribution in [0.4, 0.5) is 4.79 Å². The molecule has 0 saturated carbocycles. The second kappa shape index (κ2) is 7.07. The van der Waals surface area contributed by atoms with Gasteiger partial charge in [0.2, 0.25) is 0 Å². The van der Waals surface area contributed by atoms with Gasteiger partial charge in [-0.15, -0.1) is 0 Å². The van der Waals surface area contributed by atoms with Crippen molar-refractivity contribution in [3.05, 3.63) is 30.5 Å². The SMILES string of the molecule is Cn1ccc2c(OC3CCN(C(=O)NC4CCS(=O)(=O)C4)CC3)cccc21. The molecule has 1 aromatic heterocycles. The normalized spacial score (nSPS) is 22.9. The number of nitrogens with one attached hydrogen (secondary N) is 1. The molecule has 2 fully saturated rings. The Bertz CT molecular complexity index is 945. The van der Waals surface area contributed by atoms with Crippen molar-refractivity contribution < 1.29 is 17.9 Å². The summed E-state index contributed by atoms with van der Waals surface area (Å²) >= 11 is 0. The number of carbonyl (C=O) groups is 1. The first-order valence-corrected chi connectivity index (χ1v) is 11.2. The standard InChI is InChI=1S/C19H25N3O4S/c1-21-9-7-16-17(21)3-2-4-18(16)26-15-5-10-22(11-6-15)19(23)20-14-8-12-27(24,25)13-14/h2-4,7,9,14-15H,5-6,8,10-13H2,1H3,(H,20,23). The lowest BCUT2D eigenvalue weighted by molar-refractivity contribution is 0.111. The molecule has 2 aliphatic rings. The molecule has 1 N–H and O–H groups in total. The first-order valence-electron chi connectivity index (χ1n) is 9.38. The summed E-state index contributed by atoms with van der Waals surface area (Å²) in [4.78, 5) is 14.1. The van der Waals surface area contributed by atoms with Crippen LogP contribution in [0.5, 0.6) is 5.75 Å². The molecule has 27 heavy (non-hydrogen) atoms. The van der Waals surface area contributed by atoms with Crippen LogP contribution in [-0.2, 0) is 16.9 Å². The third kappa shape index (κ3) is 3.90. The van der Waals surface area contributed by atoms with Gasteiger partial charge in [-0.05, 0) is 24.6 Å². The number of sulfone groups is 1. The van der Waals surface area contributed by atoms with Crippen molar-refractivity contribution in [3.63, 3.8) is 0 Å². The molecule has 0 aliphatic carbocycles. The lowest BCUT2D eigenvalue weighted by Gasteiger charge is -2.33. The summed E-state index contributed by atoms with van der Waals surface area (Å²) in [5.74, 6) is 1.10. The number of carbonyl (C=O) groups excluding carboxylic acids is 1. The van der Waals surface area contributed by atoms with E-state index >= 15 is 0 Å². The highest BCUT2D eigenvalue weighted by Gasteiger charge is 2.31. The number of hydrogen-bond donors (Lipinski definition) is 1. The third-order valence-corrected chi connectivity index (χ3v) is 7.24. The Morgan fingerprint density at radius 3 is 2.67 bits per heavy atom. The number of urea groups is 1. The van der Waals surface area contributed by atoms with E-state index in [9.17, 15) is 13.2 Å². The van der Waals surface area contributed by atoms with Crippen molar-refractivity contribution >= 4 is 26.8 Å². The Balaban J connectivity index is 1.31. The van der Waals surface area contributed by atoms with Crippen LogP contribution >= 0.6 is 0 Å². The molecular weight excluding hydrogens is 366 g/mol. The van der Waals surface area contributed by atoms with Gasteiger partial charge in [-0.3, -0.25) is 0 Å². The molecule has 2 saturated heterocycles. The van der Waals surface area contributed by atoms with Gasteiger partial charge in [0.25, 0.3) is 0 Å². The molecule has 0 radical (unpaired) electrons. The number of hydrogen-bond acceptors (Lipinski definition) is 4. The lowest BCUT2D eigenvalue weighted by atomic mass is 10.1. The fourth-order valence-electron chi connectivity index (χ4n) is 3.91. The zero-order valence-corrected chi connectivity index (χ0v) is 16.2. The van der Waals surface area contributed by atoms with Crippen LogP contribution in [0.2, 0.25) is 0 Å². The van der Waals surface area contributed by atoms with E-state index in [1.807, 2.05) is 25.4 Å². The van der Waals surface area contributed by atoms with E-state index in [4.69, 9.17) is 4.74 Å². The highest BCUT2D eigenvalue weighted by atomic mass is 32.2. The summed E-state index contributed by atoms with van der Waals surface area (Å²) < 4.78 is 31.3. The highest BCUT2D eigenvalue weighted by Crippen LogP contribution is 2.28. The summed E-state index contributed by atoms with van der Waals surface area (Å²) in [7, 11) is -0.974. The highest BCUT2D eigenvalue weighted by molar-refractivity contribution is 7.91. The van der Waals surface area contributed by atoms with Crippen LogP contribution in [0.25, 0.3) is 10.9 Å². The van der Waals surface area contributed by atoms with Crippen molar-refractivity contribution in [1.82, 2.24) is 14.8 Å². The Morgan fingerprint density at radius 2 is 1.96 bits per heavy atom. The number of nitrogens with zero attached hydrogens (tertiary/aromatic N) is 2. The first kappa shape index (κ1) is 18.2. The van der Waals surface area contributed by atoms with Gasteiger partial charge >= 0.3 is 6.03 Å². The smallest absolute Gasteiger partial charge is 0.317 e. The number of aryl methyl sites for hydroxylation is 1. The molecule has 1 atom stereocenters. The van der Waals surface area contributed by atoms with Crippen LogP contribution in [0.15, 0.2) is 30.5 Å². The minimum atomic E-state index is -2.99. The third-order valence-electron chi connectivity index (χ3n) is 5.47. The molecule has 2 aliphatic heterocycles. The topological polar surface area (TPSA) is 80.6 Å². The van der Waals surface area contributed by atoms with Crippen LogP contribution < -0.4 is 10.1 Å². The molecule has 4 rings (SSSR count). The van der Waals surface area contributed by atoms with Crippen LogP contribution in [0.1, 0.15) is 19.3 Å². The fraction of sp³-hybridized carbons (Fsp3) is 0.526. The Morgan fingerprint density at radius 1 is 1.19 bits per heavy atom. The van der Waals surface area contributed by atoms with Gasteiger partial charge in [-0.1, -0.05) is 6.07 Å². The van der Waals surface area contributed by atoms with Crippen molar-refractivity contribution in [1.29, 1.82) is 0 Å². The van der Waals surface area contributed by atoms with Crippen molar-refractivity contribution in [2.75, 3.05) is 24.6 Å². The number of likely N-dealkylation sites (tertiary alicyclic amines) is 1. The number of piperidine rings is 1. The maximum absolute atomic E-state index is 12.4. The van der Waals surface area contributed by atoms with Crippen molar-refractivity contribution in [2.45, 2.75) is 31.4 Å². The van der Waals surface area contributed by atoms with E-state index < -0.39 is 9.84 Å². The number of aromatic nitrogens is 1. The van der Waals surface area contributed by atoms with Crippen LogP contribution in [-0.4, -0.2) is 60.7 Å². The molecule has 2 aromatic rings. The predicted molar refractivity (Wildman–Crippen MR) is 104 cm³/mol. The molecule has 146 valence electrons. The van der Waals surface area contributed by atoms with E-state index in [-0.39, 0.29) is 29.7 Å². The second-order valence-corrected chi connectivity index (χ2v) is 9.70. The zero-order valence-electron chi connectivity index (χ0n) is 15.4. The molecule has 7 nitrogen and oxygen atoms in total. The molecular formula is C19H25N3O4S. The Kier molecular flexibility index (Phi) is 4.75. The van der Waals surface area contributed by atoms with E-state index in [1.165, 1.54) is 0 Å². The maximum atomic E-state index is 12.4. The number of ether oxygens (including phenoxy) is 1. The molecule has 0 bridgehead atoms. The molecule has 2 amide bonds. The summed E-state index contributed by atoms with van der Waals surface area (Å²) in [6, 6.07) is 7.69. The monoisotopic (exact) mass is 391 g/mol. The van der Waals surface area contributed by atoms with Gasteiger partial charge < -0.3 is 19.5 Å². The zero-order chi connectivity index (χ0) is 19.0. The minimum absolute atomic E-state index is 0.0550. The van der Waals surface area contributed by atoms with Crippen molar-refractivity contribution in [2.24, 2.45) is 7.05 Å². The van der Waals surface area contributed by atoms with Gasteiger partial charge in [0.05, 0.1) is 17.0 Å². The summed E-state index contributed by atoms with van der Waals surface area (Å²) in [5.41, 5.74) is 1.14. The number of fused-ring (bicyclic) bond motifs is 1. The van der Waals surface area contributed by atoms with E-state index in [2.05, 4.69) is 22.0 Å². The number of rotatable bonds is 3. The van der Waals surface area contributed by atoms with Crippen LogP contribution in [0.3, 0.4) is 0 Å². The number of benzene rings is 1. The predicted octanol–water partition coefficient (Wildman–Crippen LogP) is 1.92.